The SMILES string of the molecule is O=C(c1cc(-c2ccccc2F)on1)N1CC[C@@]2(CCOC2)C1. The molecule has 0 bridgehead atoms. The fourth-order valence-electron chi connectivity index (χ4n) is 3.41. The Morgan fingerprint density at radius 1 is 1.30 bits per heavy atom. The van der Waals surface area contributed by atoms with Crippen LogP contribution in [-0.4, -0.2) is 42.3 Å². The highest BCUT2D eigenvalue weighted by atomic mass is 19.1. The van der Waals surface area contributed by atoms with E-state index in [0.717, 1.165) is 26.1 Å². The molecule has 0 radical (unpaired) electrons. The normalized spacial score (nSPS) is 23.8. The maximum Gasteiger partial charge on any atom is 0.276 e. The highest BCUT2D eigenvalue weighted by molar-refractivity contribution is 5.93. The smallest absolute Gasteiger partial charge is 0.276 e. The first-order chi connectivity index (χ1) is 11.2. The van der Waals surface area contributed by atoms with Gasteiger partial charge in [-0.1, -0.05) is 17.3 Å². The Balaban J connectivity index is 1.53. The molecule has 0 N–H and O–H groups in total. The van der Waals surface area contributed by atoms with Crippen LogP contribution in [-0.2, 0) is 4.74 Å². The number of rotatable bonds is 2. The maximum atomic E-state index is 13.8. The van der Waals surface area contributed by atoms with Gasteiger partial charge >= 0.3 is 0 Å². The molecule has 23 heavy (non-hydrogen) atoms. The third kappa shape index (κ3) is 2.53. The zero-order valence-electron chi connectivity index (χ0n) is 12.6. The molecule has 5 nitrogen and oxygen atoms in total. The summed E-state index contributed by atoms with van der Waals surface area (Å²) < 4.78 is 24.4. The lowest BCUT2D eigenvalue weighted by atomic mass is 9.87. The highest BCUT2D eigenvalue weighted by Gasteiger charge is 2.43. The molecule has 2 aromatic rings. The fraction of sp³-hybridized carbons (Fsp3) is 0.412. The molecule has 2 saturated heterocycles. The van der Waals surface area contributed by atoms with Crippen molar-refractivity contribution in [3.8, 4) is 11.3 Å². The molecule has 1 aromatic carbocycles. The van der Waals surface area contributed by atoms with Crippen LogP contribution in [0.15, 0.2) is 34.9 Å². The van der Waals surface area contributed by atoms with Gasteiger partial charge in [0.25, 0.3) is 5.91 Å². The van der Waals surface area contributed by atoms with Crippen LogP contribution in [0, 0.1) is 11.2 Å². The summed E-state index contributed by atoms with van der Waals surface area (Å²) in [4.78, 5) is 14.4. The van der Waals surface area contributed by atoms with E-state index >= 15 is 0 Å². The number of carbonyl (C=O) groups excluding carboxylic acids is 1. The van der Waals surface area contributed by atoms with Gasteiger partial charge in [-0.05, 0) is 25.0 Å². The van der Waals surface area contributed by atoms with Crippen molar-refractivity contribution in [3.63, 3.8) is 0 Å². The summed E-state index contributed by atoms with van der Waals surface area (Å²) in [6, 6.07) is 7.78. The number of amides is 1. The van der Waals surface area contributed by atoms with Gasteiger partial charge in [-0.25, -0.2) is 4.39 Å². The highest BCUT2D eigenvalue weighted by Crippen LogP contribution is 2.38. The lowest BCUT2D eigenvalue weighted by molar-refractivity contribution is 0.0755. The fourth-order valence-corrected chi connectivity index (χ4v) is 3.41. The second-order valence-electron chi connectivity index (χ2n) is 6.34. The first kappa shape index (κ1) is 14.4. The van der Waals surface area contributed by atoms with Gasteiger partial charge in [0.15, 0.2) is 11.5 Å². The van der Waals surface area contributed by atoms with Gasteiger partial charge < -0.3 is 14.2 Å². The molecule has 0 saturated carbocycles. The number of hydrogen-bond donors (Lipinski definition) is 0. The van der Waals surface area contributed by atoms with Gasteiger partial charge in [0.1, 0.15) is 5.82 Å². The predicted octanol–water partition coefficient (Wildman–Crippen LogP) is 2.73. The van der Waals surface area contributed by atoms with Crippen molar-refractivity contribution in [2.45, 2.75) is 12.8 Å². The van der Waals surface area contributed by atoms with Crippen molar-refractivity contribution in [2.24, 2.45) is 5.41 Å². The minimum Gasteiger partial charge on any atom is -0.381 e. The van der Waals surface area contributed by atoms with E-state index < -0.39 is 5.82 Å². The number of aromatic nitrogens is 1. The molecule has 0 aliphatic carbocycles. The van der Waals surface area contributed by atoms with E-state index in [2.05, 4.69) is 5.16 Å². The van der Waals surface area contributed by atoms with Crippen LogP contribution in [0.1, 0.15) is 23.3 Å². The summed E-state index contributed by atoms with van der Waals surface area (Å²) in [5.41, 5.74) is 0.633. The standard InChI is InChI=1S/C17H17FN2O3/c18-13-4-2-1-3-12(13)15-9-14(19-23-15)16(21)20-7-5-17(10-20)6-8-22-11-17/h1-4,9H,5-8,10-11H2/t17-/m1/s1. The average Bonchev–Trinajstić information content (AvgIpc) is 3.30. The Morgan fingerprint density at radius 3 is 2.96 bits per heavy atom. The minimum atomic E-state index is -0.397. The number of ether oxygens (including phenoxy) is 1. The largest absolute Gasteiger partial charge is 0.381 e. The average molecular weight is 316 g/mol. The van der Waals surface area contributed by atoms with Crippen LogP contribution in [0.2, 0.25) is 0 Å². The number of benzene rings is 1. The summed E-state index contributed by atoms with van der Waals surface area (Å²) in [6.45, 7) is 2.87. The van der Waals surface area contributed by atoms with Crippen LogP contribution < -0.4 is 0 Å². The van der Waals surface area contributed by atoms with E-state index in [1.807, 2.05) is 0 Å². The van der Waals surface area contributed by atoms with E-state index in [0.29, 0.717) is 18.7 Å². The van der Waals surface area contributed by atoms with E-state index in [4.69, 9.17) is 9.26 Å². The summed E-state index contributed by atoms with van der Waals surface area (Å²) in [6.07, 6.45) is 1.95. The molecular formula is C17H17FN2O3. The van der Waals surface area contributed by atoms with Crippen LogP contribution in [0.3, 0.4) is 0 Å². The number of carbonyl (C=O) groups is 1. The monoisotopic (exact) mass is 316 g/mol. The maximum absolute atomic E-state index is 13.8. The number of likely N-dealkylation sites (tertiary alicyclic amines) is 1. The summed E-state index contributed by atoms with van der Waals surface area (Å²) in [5, 5.41) is 3.83. The van der Waals surface area contributed by atoms with Gasteiger partial charge in [-0.15, -0.1) is 0 Å². The zero-order chi connectivity index (χ0) is 15.9. The predicted molar refractivity (Wildman–Crippen MR) is 80.3 cm³/mol. The number of nitrogens with zero attached hydrogens (tertiary/aromatic N) is 2. The molecule has 1 atom stereocenters. The van der Waals surface area contributed by atoms with E-state index in [1.165, 1.54) is 12.1 Å². The summed E-state index contributed by atoms with van der Waals surface area (Å²) >= 11 is 0. The molecule has 4 rings (SSSR count). The van der Waals surface area contributed by atoms with Crippen molar-refractivity contribution in [3.05, 3.63) is 41.8 Å². The molecule has 1 spiro atoms. The zero-order valence-corrected chi connectivity index (χ0v) is 12.6. The molecule has 120 valence electrons. The minimum absolute atomic E-state index is 0.105. The Kier molecular flexibility index (Phi) is 3.41. The van der Waals surface area contributed by atoms with Gasteiger partial charge in [0, 0.05) is 31.2 Å². The number of halogens is 1. The second kappa shape index (κ2) is 5.45. The molecule has 2 aliphatic heterocycles. The van der Waals surface area contributed by atoms with E-state index in [1.54, 1.807) is 23.1 Å². The van der Waals surface area contributed by atoms with Gasteiger partial charge in [0.05, 0.1) is 12.2 Å². The Bertz CT molecular complexity index is 737. The first-order valence-corrected chi connectivity index (χ1v) is 7.76. The molecule has 3 heterocycles. The second-order valence-corrected chi connectivity index (χ2v) is 6.34. The van der Waals surface area contributed by atoms with Crippen LogP contribution in [0.5, 0.6) is 0 Å². The van der Waals surface area contributed by atoms with Crippen molar-refractivity contribution in [1.29, 1.82) is 0 Å². The van der Waals surface area contributed by atoms with E-state index in [-0.39, 0.29) is 22.8 Å². The molecule has 6 heteroatoms. The third-order valence-electron chi connectivity index (χ3n) is 4.78. The van der Waals surface area contributed by atoms with Gasteiger partial charge in [0.2, 0.25) is 0 Å². The van der Waals surface area contributed by atoms with Crippen molar-refractivity contribution < 1.29 is 18.4 Å². The lowest BCUT2D eigenvalue weighted by Gasteiger charge is -2.21. The Morgan fingerprint density at radius 2 is 2.17 bits per heavy atom. The van der Waals surface area contributed by atoms with E-state index in [9.17, 15) is 9.18 Å². The van der Waals surface area contributed by atoms with Crippen molar-refractivity contribution in [2.75, 3.05) is 26.3 Å². The first-order valence-electron chi connectivity index (χ1n) is 7.76. The van der Waals surface area contributed by atoms with Crippen LogP contribution in [0.25, 0.3) is 11.3 Å². The van der Waals surface area contributed by atoms with Gasteiger partial charge in [-0.3, -0.25) is 4.79 Å². The van der Waals surface area contributed by atoms with Crippen molar-refractivity contribution >= 4 is 5.91 Å². The summed E-state index contributed by atoms with van der Waals surface area (Å²) in [5.74, 6) is -0.296. The summed E-state index contributed by atoms with van der Waals surface area (Å²) in [7, 11) is 0. The molecule has 0 unspecified atom stereocenters. The Labute approximate surface area is 133 Å². The number of hydrogen-bond acceptors (Lipinski definition) is 4. The molecule has 2 fully saturated rings. The van der Waals surface area contributed by atoms with Gasteiger partial charge in [-0.2, -0.15) is 0 Å². The van der Waals surface area contributed by atoms with Crippen LogP contribution >= 0.6 is 0 Å². The molecule has 1 aromatic heterocycles. The van der Waals surface area contributed by atoms with Crippen LogP contribution in [0.4, 0.5) is 4.39 Å². The molecule has 1 amide bonds. The third-order valence-corrected chi connectivity index (χ3v) is 4.78. The topological polar surface area (TPSA) is 55.6 Å². The quantitative estimate of drug-likeness (QED) is 0.855. The van der Waals surface area contributed by atoms with Crippen molar-refractivity contribution in [1.82, 2.24) is 10.1 Å². The lowest BCUT2D eigenvalue weighted by Crippen LogP contribution is -2.32. The Hall–Kier alpha value is -2.21. The molecular weight excluding hydrogens is 299 g/mol. The molecule has 2 aliphatic rings.